The lowest BCUT2D eigenvalue weighted by Crippen LogP contribution is -2.16. The number of rotatable bonds is 7. The maximum absolute atomic E-state index is 13.9. The summed E-state index contributed by atoms with van der Waals surface area (Å²) in [7, 11) is -2.56. The Morgan fingerprint density at radius 2 is 2.03 bits per heavy atom. The van der Waals surface area contributed by atoms with Crippen molar-refractivity contribution in [2.24, 2.45) is 4.36 Å². The molecule has 1 saturated heterocycles. The molecular formula is C21H21F3N4O4S. The number of aromatic nitrogens is 2. The van der Waals surface area contributed by atoms with E-state index in [-0.39, 0.29) is 40.0 Å². The number of fused-ring (bicyclic) bond motifs is 1. The Balaban J connectivity index is 1.79. The van der Waals surface area contributed by atoms with Crippen molar-refractivity contribution in [3.63, 3.8) is 0 Å². The second-order valence-electron chi connectivity index (χ2n) is 7.58. The molecule has 1 aromatic heterocycles. The van der Waals surface area contributed by atoms with E-state index in [0.717, 1.165) is 0 Å². The van der Waals surface area contributed by atoms with Crippen molar-refractivity contribution in [3.8, 4) is 11.5 Å². The first-order chi connectivity index (χ1) is 15.7. The number of alkyl halides is 2. The first-order valence-electron chi connectivity index (χ1n) is 9.89. The van der Waals surface area contributed by atoms with Gasteiger partial charge in [-0.25, -0.2) is 18.6 Å². The molecule has 0 aliphatic carbocycles. The summed E-state index contributed by atoms with van der Waals surface area (Å²) in [4.78, 5) is 8.29. The van der Waals surface area contributed by atoms with Crippen LogP contribution in [0.2, 0.25) is 0 Å². The van der Waals surface area contributed by atoms with E-state index < -0.39 is 22.2 Å². The summed E-state index contributed by atoms with van der Waals surface area (Å²) in [5.74, 6) is -0.397. The Morgan fingerprint density at radius 1 is 1.21 bits per heavy atom. The second-order valence-corrected chi connectivity index (χ2v) is 10.1. The quantitative estimate of drug-likeness (QED) is 0.524. The van der Waals surface area contributed by atoms with Crippen LogP contribution in [0.25, 0.3) is 10.9 Å². The Kier molecular flexibility index (Phi) is 6.56. The number of halogens is 3. The second kappa shape index (κ2) is 9.40. The van der Waals surface area contributed by atoms with Crippen LogP contribution in [0.15, 0.2) is 41.0 Å². The average Bonchev–Trinajstić information content (AvgIpc) is 3.21. The first-order valence-corrected chi connectivity index (χ1v) is 12.2. The third-order valence-electron chi connectivity index (χ3n) is 4.61. The minimum atomic E-state index is -3.13. The van der Waals surface area contributed by atoms with Gasteiger partial charge in [0.1, 0.15) is 35.6 Å². The molecule has 1 N–H and O–H groups in total. The Hall–Kier alpha value is -3.12. The standard InChI is InChI=1S/C21H21F3N4O4S/c1-33(2,29)28-13-8-16-19(18(9-13)32-21(23)24)20(26-11-25-16)27-15-4-3-12(22)7-17(15)31-14-5-6-30-10-14/h3-4,7-9,11,14,21H,5-6,10H2,1-2H3,(H,25,26,27)/t14-/m0/s1. The molecule has 1 fully saturated rings. The molecule has 4 rings (SSSR count). The molecule has 176 valence electrons. The predicted octanol–water partition coefficient (Wildman–Crippen LogP) is 4.64. The van der Waals surface area contributed by atoms with Crippen LogP contribution in [0.5, 0.6) is 11.5 Å². The van der Waals surface area contributed by atoms with Crippen molar-refractivity contribution >= 4 is 37.8 Å². The maximum atomic E-state index is 13.9. The van der Waals surface area contributed by atoms with Gasteiger partial charge >= 0.3 is 6.61 Å². The van der Waals surface area contributed by atoms with Crippen LogP contribution in [-0.2, 0) is 14.5 Å². The highest BCUT2D eigenvalue weighted by atomic mass is 32.2. The van der Waals surface area contributed by atoms with E-state index >= 15 is 0 Å². The van der Waals surface area contributed by atoms with Gasteiger partial charge in [-0.05, 0) is 18.2 Å². The van der Waals surface area contributed by atoms with Crippen LogP contribution in [0.4, 0.5) is 30.4 Å². The van der Waals surface area contributed by atoms with E-state index in [0.29, 0.717) is 25.3 Å². The molecule has 0 saturated carbocycles. The lowest BCUT2D eigenvalue weighted by molar-refractivity contribution is -0.0487. The molecule has 1 aliphatic heterocycles. The van der Waals surface area contributed by atoms with E-state index in [2.05, 4.69) is 19.6 Å². The number of anilines is 2. The van der Waals surface area contributed by atoms with Gasteiger partial charge in [-0.1, -0.05) is 0 Å². The third kappa shape index (κ3) is 5.82. The zero-order chi connectivity index (χ0) is 23.6. The van der Waals surface area contributed by atoms with Gasteiger partial charge in [-0.15, -0.1) is 0 Å². The van der Waals surface area contributed by atoms with Crippen LogP contribution >= 0.6 is 0 Å². The zero-order valence-corrected chi connectivity index (χ0v) is 18.6. The molecule has 0 radical (unpaired) electrons. The van der Waals surface area contributed by atoms with E-state index in [1.165, 1.54) is 49.2 Å². The molecule has 0 bridgehead atoms. The van der Waals surface area contributed by atoms with Gasteiger partial charge in [0.25, 0.3) is 0 Å². The smallest absolute Gasteiger partial charge is 0.387 e. The minimum absolute atomic E-state index is 0.134. The maximum Gasteiger partial charge on any atom is 0.387 e. The molecule has 0 spiro atoms. The summed E-state index contributed by atoms with van der Waals surface area (Å²) in [6.07, 6.45) is 4.48. The zero-order valence-electron chi connectivity index (χ0n) is 17.8. The fraction of sp³-hybridized carbons (Fsp3) is 0.333. The van der Waals surface area contributed by atoms with Gasteiger partial charge in [0, 0.05) is 40.8 Å². The summed E-state index contributed by atoms with van der Waals surface area (Å²) in [5, 5.41) is 3.15. The molecular weight excluding hydrogens is 461 g/mol. The summed E-state index contributed by atoms with van der Waals surface area (Å²) in [6, 6.07) is 6.64. The normalized spacial score (nSPS) is 16.2. The van der Waals surface area contributed by atoms with Gasteiger partial charge in [-0.2, -0.15) is 13.1 Å². The van der Waals surface area contributed by atoms with E-state index in [1.807, 2.05) is 0 Å². The minimum Gasteiger partial charge on any atom is -0.486 e. The van der Waals surface area contributed by atoms with Crippen molar-refractivity contribution in [2.75, 3.05) is 31.0 Å². The largest absolute Gasteiger partial charge is 0.486 e. The fourth-order valence-electron chi connectivity index (χ4n) is 3.34. The fourth-order valence-corrected chi connectivity index (χ4v) is 3.95. The number of ether oxygens (including phenoxy) is 3. The molecule has 3 aromatic rings. The number of hydrogen-bond acceptors (Lipinski definition) is 8. The Morgan fingerprint density at radius 3 is 2.73 bits per heavy atom. The van der Waals surface area contributed by atoms with E-state index in [1.54, 1.807) is 0 Å². The van der Waals surface area contributed by atoms with Crippen molar-refractivity contribution in [1.29, 1.82) is 0 Å². The van der Waals surface area contributed by atoms with Crippen molar-refractivity contribution < 1.29 is 31.6 Å². The summed E-state index contributed by atoms with van der Waals surface area (Å²) in [6.45, 7) is -2.21. The van der Waals surface area contributed by atoms with Crippen molar-refractivity contribution in [2.45, 2.75) is 19.1 Å². The highest BCUT2D eigenvalue weighted by Crippen LogP contribution is 2.38. The number of nitrogens with one attached hydrogen (secondary N) is 1. The van der Waals surface area contributed by atoms with Crippen LogP contribution in [0.3, 0.4) is 0 Å². The predicted molar refractivity (Wildman–Crippen MR) is 118 cm³/mol. The van der Waals surface area contributed by atoms with Crippen LogP contribution in [0, 0.1) is 5.82 Å². The number of hydrogen-bond donors (Lipinski definition) is 1. The molecule has 0 unspecified atom stereocenters. The molecule has 1 atom stereocenters. The van der Waals surface area contributed by atoms with Gasteiger partial charge in [0.05, 0.1) is 35.5 Å². The Bertz CT molecular complexity index is 1280. The molecule has 2 heterocycles. The van der Waals surface area contributed by atoms with Gasteiger partial charge in [-0.3, -0.25) is 0 Å². The van der Waals surface area contributed by atoms with E-state index in [9.17, 15) is 17.4 Å². The molecule has 2 aromatic carbocycles. The van der Waals surface area contributed by atoms with Crippen molar-refractivity contribution in [3.05, 3.63) is 42.5 Å². The van der Waals surface area contributed by atoms with Crippen LogP contribution in [-0.4, -0.2) is 52.6 Å². The lowest BCUT2D eigenvalue weighted by Gasteiger charge is -2.18. The Labute approximate surface area is 188 Å². The highest BCUT2D eigenvalue weighted by molar-refractivity contribution is 7.92. The third-order valence-corrected chi connectivity index (χ3v) is 5.26. The van der Waals surface area contributed by atoms with Gasteiger partial charge < -0.3 is 19.5 Å². The number of benzene rings is 2. The summed E-state index contributed by atoms with van der Waals surface area (Å²) < 4.78 is 72.2. The van der Waals surface area contributed by atoms with Crippen molar-refractivity contribution in [1.82, 2.24) is 9.97 Å². The SMILES string of the molecule is CS(C)(=O)=Nc1cc(OC(F)F)c2c(Nc3ccc(F)cc3O[C@H]3CCOC3)ncnc2c1. The van der Waals surface area contributed by atoms with Gasteiger partial charge in [0.15, 0.2) is 0 Å². The molecule has 8 nitrogen and oxygen atoms in total. The average molecular weight is 482 g/mol. The monoisotopic (exact) mass is 482 g/mol. The number of nitrogens with zero attached hydrogens (tertiary/aromatic N) is 3. The first kappa shape index (κ1) is 23.1. The molecule has 33 heavy (non-hydrogen) atoms. The van der Waals surface area contributed by atoms with Crippen LogP contribution < -0.4 is 14.8 Å². The van der Waals surface area contributed by atoms with Gasteiger partial charge in [0.2, 0.25) is 0 Å². The summed E-state index contributed by atoms with van der Waals surface area (Å²) >= 11 is 0. The topological polar surface area (TPSA) is 94.9 Å². The lowest BCUT2D eigenvalue weighted by atomic mass is 10.2. The molecule has 0 amide bonds. The summed E-state index contributed by atoms with van der Waals surface area (Å²) in [5.41, 5.74) is 0.775. The van der Waals surface area contributed by atoms with Crippen LogP contribution in [0.1, 0.15) is 6.42 Å². The highest BCUT2D eigenvalue weighted by Gasteiger charge is 2.21. The molecule has 1 aliphatic rings. The van der Waals surface area contributed by atoms with E-state index in [4.69, 9.17) is 14.2 Å². The molecule has 12 heteroatoms.